The van der Waals surface area contributed by atoms with Crippen LogP contribution in [0.25, 0.3) is 6.08 Å². The van der Waals surface area contributed by atoms with Crippen LogP contribution in [0.2, 0.25) is 0 Å². The van der Waals surface area contributed by atoms with Gasteiger partial charge in [-0.3, -0.25) is 4.79 Å². The zero-order chi connectivity index (χ0) is 18.5. The highest BCUT2D eigenvalue weighted by Gasteiger charge is 2.14. The molecule has 0 radical (unpaired) electrons. The van der Waals surface area contributed by atoms with E-state index in [0.29, 0.717) is 12.3 Å². The van der Waals surface area contributed by atoms with Crippen LogP contribution in [0.3, 0.4) is 0 Å². The molecule has 1 N–H and O–H groups in total. The second kappa shape index (κ2) is 7.62. The Hall–Kier alpha value is -3.46. The number of carbonyl (C=O) groups is 1. The van der Waals surface area contributed by atoms with Gasteiger partial charge < -0.3 is 18.7 Å². The van der Waals surface area contributed by atoms with Crippen LogP contribution < -0.4 is 5.32 Å². The fourth-order valence-electron chi connectivity index (χ4n) is 2.76. The summed E-state index contributed by atoms with van der Waals surface area (Å²) in [6.07, 6.45) is 4.79. The van der Waals surface area contributed by atoms with Gasteiger partial charge in [0.1, 0.15) is 23.2 Å². The number of aryl methyl sites for hydroxylation is 1. The summed E-state index contributed by atoms with van der Waals surface area (Å²) in [5, 5.41) is 12.1. The molecule has 0 aliphatic heterocycles. The van der Waals surface area contributed by atoms with Crippen molar-refractivity contribution in [1.82, 2.24) is 9.88 Å². The van der Waals surface area contributed by atoms with Crippen molar-refractivity contribution in [2.24, 2.45) is 0 Å². The fourth-order valence-corrected chi connectivity index (χ4v) is 2.76. The van der Waals surface area contributed by atoms with E-state index < -0.39 is 5.91 Å². The third kappa shape index (κ3) is 3.78. The molecule has 6 heteroatoms. The van der Waals surface area contributed by atoms with Crippen LogP contribution in [0.4, 0.5) is 0 Å². The quantitative estimate of drug-likeness (QED) is 0.545. The number of carbonyl (C=O) groups excluding carboxylic acids is 1. The molecule has 3 rings (SSSR count). The fraction of sp³-hybridized carbons (Fsp3) is 0.200. The first-order valence-electron chi connectivity index (χ1n) is 8.20. The zero-order valence-electron chi connectivity index (χ0n) is 14.7. The lowest BCUT2D eigenvalue weighted by atomic mass is 10.1. The lowest BCUT2D eigenvalue weighted by Crippen LogP contribution is -2.23. The Bertz CT molecular complexity index is 955. The van der Waals surface area contributed by atoms with Crippen molar-refractivity contribution in [2.45, 2.75) is 26.9 Å². The average molecular weight is 349 g/mol. The molecule has 0 spiro atoms. The molecule has 3 aromatic heterocycles. The first-order valence-corrected chi connectivity index (χ1v) is 8.20. The second-order valence-corrected chi connectivity index (χ2v) is 5.92. The summed E-state index contributed by atoms with van der Waals surface area (Å²) in [5.74, 6) is 1.05. The van der Waals surface area contributed by atoms with Gasteiger partial charge in [-0.25, -0.2) is 0 Å². The average Bonchev–Trinajstić information content (AvgIpc) is 3.37. The van der Waals surface area contributed by atoms with Gasteiger partial charge in [0.15, 0.2) is 0 Å². The van der Waals surface area contributed by atoms with E-state index in [0.717, 1.165) is 22.7 Å². The molecule has 0 aliphatic carbocycles. The number of amides is 1. The molecule has 0 saturated carbocycles. The lowest BCUT2D eigenvalue weighted by Gasteiger charge is -2.07. The van der Waals surface area contributed by atoms with Crippen molar-refractivity contribution in [3.05, 3.63) is 76.9 Å². The van der Waals surface area contributed by atoms with Gasteiger partial charge in [0.2, 0.25) is 0 Å². The maximum Gasteiger partial charge on any atom is 0.262 e. The van der Waals surface area contributed by atoms with E-state index in [9.17, 15) is 10.1 Å². The first-order chi connectivity index (χ1) is 12.6. The number of hydrogen-bond donors (Lipinski definition) is 1. The maximum atomic E-state index is 12.3. The van der Waals surface area contributed by atoms with Gasteiger partial charge in [-0.15, -0.1) is 0 Å². The smallest absolute Gasteiger partial charge is 0.262 e. The van der Waals surface area contributed by atoms with Crippen LogP contribution >= 0.6 is 0 Å². The Morgan fingerprint density at radius 2 is 1.92 bits per heavy atom. The normalized spacial score (nSPS) is 11.3. The molecule has 6 nitrogen and oxygen atoms in total. The van der Waals surface area contributed by atoms with E-state index in [1.807, 2.05) is 38.1 Å². The second-order valence-electron chi connectivity index (χ2n) is 5.92. The largest absolute Gasteiger partial charge is 0.467 e. The van der Waals surface area contributed by atoms with Gasteiger partial charge >= 0.3 is 0 Å². The third-order valence-electron chi connectivity index (χ3n) is 4.18. The van der Waals surface area contributed by atoms with E-state index in [-0.39, 0.29) is 12.1 Å². The summed E-state index contributed by atoms with van der Waals surface area (Å²) in [4.78, 5) is 12.3. The van der Waals surface area contributed by atoms with Gasteiger partial charge in [0.05, 0.1) is 25.6 Å². The Morgan fingerprint density at radius 1 is 1.23 bits per heavy atom. The van der Waals surface area contributed by atoms with Crippen molar-refractivity contribution >= 4 is 12.0 Å². The number of hydrogen-bond acceptors (Lipinski definition) is 4. The number of nitriles is 1. The molecular formula is C20H19N3O3. The number of nitrogens with zero attached hydrogens (tertiary/aromatic N) is 2. The molecule has 132 valence electrons. The highest BCUT2D eigenvalue weighted by atomic mass is 16.3. The molecule has 0 saturated heterocycles. The summed E-state index contributed by atoms with van der Waals surface area (Å²) in [6.45, 7) is 4.78. The van der Waals surface area contributed by atoms with Crippen LogP contribution in [0, 0.1) is 25.2 Å². The monoisotopic (exact) mass is 349 g/mol. The first kappa shape index (κ1) is 17.4. The van der Waals surface area contributed by atoms with Crippen molar-refractivity contribution < 1.29 is 13.6 Å². The summed E-state index contributed by atoms with van der Waals surface area (Å²) in [6, 6.07) is 11.2. The van der Waals surface area contributed by atoms with Gasteiger partial charge in [-0.1, -0.05) is 0 Å². The number of rotatable bonds is 6. The molecule has 0 fully saturated rings. The molecule has 0 unspecified atom stereocenters. The van der Waals surface area contributed by atoms with Crippen molar-refractivity contribution in [3.8, 4) is 6.07 Å². The van der Waals surface area contributed by atoms with Crippen LogP contribution in [0.15, 0.2) is 57.3 Å². The SMILES string of the molecule is Cc1cc(/C=C(\C#N)C(=O)NCc2ccco2)c(C)n1Cc1ccco1. The van der Waals surface area contributed by atoms with Crippen LogP contribution in [-0.4, -0.2) is 10.5 Å². The van der Waals surface area contributed by atoms with Crippen molar-refractivity contribution in [1.29, 1.82) is 5.26 Å². The predicted octanol–water partition coefficient (Wildman–Crippen LogP) is 3.56. The van der Waals surface area contributed by atoms with Crippen LogP contribution in [-0.2, 0) is 17.9 Å². The van der Waals surface area contributed by atoms with E-state index >= 15 is 0 Å². The van der Waals surface area contributed by atoms with Gasteiger partial charge in [-0.2, -0.15) is 5.26 Å². The molecule has 3 heterocycles. The summed E-state index contributed by atoms with van der Waals surface area (Å²) < 4.78 is 12.7. The highest BCUT2D eigenvalue weighted by Crippen LogP contribution is 2.20. The zero-order valence-corrected chi connectivity index (χ0v) is 14.7. The number of nitrogens with one attached hydrogen (secondary N) is 1. The minimum Gasteiger partial charge on any atom is -0.467 e. The van der Waals surface area contributed by atoms with Crippen molar-refractivity contribution in [3.63, 3.8) is 0 Å². The molecule has 0 atom stereocenters. The van der Waals surface area contributed by atoms with Gasteiger partial charge in [-0.05, 0) is 55.8 Å². The predicted molar refractivity (Wildman–Crippen MR) is 95.9 cm³/mol. The third-order valence-corrected chi connectivity index (χ3v) is 4.18. The minimum atomic E-state index is -0.431. The molecule has 3 aromatic rings. The van der Waals surface area contributed by atoms with E-state index in [1.165, 1.54) is 6.26 Å². The molecule has 0 bridgehead atoms. The summed E-state index contributed by atoms with van der Waals surface area (Å²) >= 11 is 0. The number of furan rings is 2. The molecule has 1 amide bonds. The molecular weight excluding hydrogens is 330 g/mol. The van der Waals surface area contributed by atoms with E-state index in [2.05, 4.69) is 9.88 Å². The van der Waals surface area contributed by atoms with Gasteiger partial charge in [0, 0.05) is 11.4 Å². The minimum absolute atomic E-state index is 0.0507. The summed E-state index contributed by atoms with van der Waals surface area (Å²) in [5.41, 5.74) is 2.87. The Morgan fingerprint density at radius 3 is 2.54 bits per heavy atom. The molecule has 0 aromatic carbocycles. The number of aromatic nitrogens is 1. The Kier molecular flexibility index (Phi) is 5.09. The lowest BCUT2D eigenvalue weighted by molar-refractivity contribution is -0.117. The Balaban J connectivity index is 1.78. The topological polar surface area (TPSA) is 84.1 Å². The van der Waals surface area contributed by atoms with Crippen LogP contribution in [0.5, 0.6) is 0 Å². The van der Waals surface area contributed by atoms with Gasteiger partial charge in [0.25, 0.3) is 5.91 Å². The van der Waals surface area contributed by atoms with E-state index in [4.69, 9.17) is 8.83 Å². The van der Waals surface area contributed by atoms with E-state index in [1.54, 1.807) is 24.5 Å². The highest BCUT2D eigenvalue weighted by molar-refractivity contribution is 6.01. The van der Waals surface area contributed by atoms with Crippen molar-refractivity contribution in [2.75, 3.05) is 0 Å². The maximum absolute atomic E-state index is 12.3. The molecule has 26 heavy (non-hydrogen) atoms. The van der Waals surface area contributed by atoms with Crippen LogP contribution in [0.1, 0.15) is 28.5 Å². The Labute approximate surface area is 151 Å². The molecule has 0 aliphatic rings. The standard InChI is InChI=1S/C20H19N3O3/c1-14-9-16(15(2)23(14)13-19-6-4-8-26-19)10-17(11-21)20(24)22-12-18-5-3-7-25-18/h3-10H,12-13H2,1-2H3,(H,22,24)/b17-10+. The summed E-state index contributed by atoms with van der Waals surface area (Å²) in [7, 11) is 0.